The number of hydrogen-bond acceptors (Lipinski definition) is 4. The van der Waals surface area contributed by atoms with Crippen molar-refractivity contribution in [2.75, 3.05) is 0 Å². The van der Waals surface area contributed by atoms with E-state index < -0.39 is 17.2 Å². The van der Waals surface area contributed by atoms with Crippen molar-refractivity contribution in [1.29, 1.82) is 0 Å². The van der Waals surface area contributed by atoms with Crippen LogP contribution in [0.3, 0.4) is 0 Å². The van der Waals surface area contributed by atoms with Crippen LogP contribution >= 0.6 is 0 Å². The summed E-state index contributed by atoms with van der Waals surface area (Å²) in [5, 5.41) is 0. The molecule has 240 valence electrons. The Morgan fingerprint density at radius 2 is 1.15 bits per heavy atom. The lowest BCUT2D eigenvalue weighted by atomic mass is 9.51. The van der Waals surface area contributed by atoms with Crippen molar-refractivity contribution >= 4 is 11.9 Å². The molecule has 0 amide bonds. The summed E-state index contributed by atoms with van der Waals surface area (Å²) in [4.78, 5) is 27.1. The third-order valence-electron chi connectivity index (χ3n) is 10.9. The summed E-state index contributed by atoms with van der Waals surface area (Å²) in [5.74, 6) is -0.290. The normalized spacial score (nSPS) is 21.6. The first-order valence-corrected chi connectivity index (χ1v) is 16.7. The van der Waals surface area contributed by atoms with Crippen LogP contribution in [-0.4, -0.2) is 11.9 Å². The highest BCUT2D eigenvalue weighted by atomic mass is 19.4. The van der Waals surface area contributed by atoms with E-state index in [0.29, 0.717) is 23.5 Å². The molecule has 4 aromatic rings. The van der Waals surface area contributed by atoms with E-state index in [-0.39, 0.29) is 29.7 Å². The second kappa shape index (κ2) is 11.4. The maximum atomic E-state index is 13.6. The first-order chi connectivity index (χ1) is 22.8. The Hall–Kier alpha value is -4.39. The van der Waals surface area contributed by atoms with E-state index in [1.54, 1.807) is 12.1 Å². The molecule has 0 unspecified atom stereocenters. The predicted molar refractivity (Wildman–Crippen MR) is 170 cm³/mol. The van der Waals surface area contributed by atoms with Gasteiger partial charge in [0.05, 0.1) is 22.8 Å². The first kappa shape index (κ1) is 30.0. The van der Waals surface area contributed by atoms with Crippen LogP contribution in [0.2, 0.25) is 0 Å². The molecule has 5 aliphatic carbocycles. The van der Waals surface area contributed by atoms with Gasteiger partial charge in [-0.2, -0.15) is 13.2 Å². The molecule has 0 atom stereocenters. The van der Waals surface area contributed by atoms with Crippen molar-refractivity contribution in [3.05, 3.63) is 129 Å². The number of halogens is 3. The molecule has 5 aliphatic rings. The summed E-state index contributed by atoms with van der Waals surface area (Å²) in [7, 11) is 0. The Labute approximate surface area is 271 Å². The first-order valence-electron chi connectivity index (χ1n) is 16.7. The lowest BCUT2D eigenvalue weighted by Crippen LogP contribution is -2.44. The molecule has 4 nitrogen and oxygen atoms in total. The average Bonchev–Trinajstić information content (AvgIpc) is 3.82. The highest BCUT2D eigenvalue weighted by Gasteiger charge is 2.55. The van der Waals surface area contributed by atoms with Crippen LogP contribution in [0, 0.1) is 11.8 Å². The maximum absolute atomic E-state index is 13.6. The minimum atomic E-state index is -4.45. The van der Waals surface area contributed by atoms with Crippen LogP contribution in [0.5, 0.6) is 11.5 Å². The topological polar surface area (TPSA) is 52.6 Å². The SMILES string of the molecule is O=C(Oc1ccc(OC(=O)C2CCCC2)c2c1C1c3ccccc3C2(Cc2ccc(C(F)(F)F)cc2)c2ccccc21)C1CCCC1. The Morgan fingerprint density at radius 3 is 1.68 bits per heavy atom. The van der Waals surface area contributed by atoms with Crippen LogP contribution < -0.4 is 9.47 Å². The van der Waals surface area contributed by atoms with Gasteiger partial charge in [0.25, 0.3) is 0 Å². The molecule has 0 aromatic heterocycles. The Morgan fingerprint density at radius 1 is 0.660 bits per heavy atom. The van der Waals surface area contributed by atoms with Gasteiger partial charge in [-0.15, -0.1) is 0 Å². The monoisotopic (exact) mass is 636 g/mol. The quantitative estimate of drug-likeness (QED) is 0.156. The molecule has 2 bridgehead atoms. The fourth-order valence-corrected chi connectivity index (χ4v) is 8.75. The molecule has 0 spiro atoms. The highest BCUT2D eigenvalue weighted by molar-refractivity contribution is 5.83. The Bertz CT molecular complexity index is 1820. The lowest BCUT2D eigenvalue weighted by molar-refractivity contribution is -0.139. The molecule has 0 aliphatic heterocycles. The maximum Gasteiger partial charge on any atom is 0.416 e. The lowest BCUT2D eigenvalue weighted by Gasteiger charge is -2.51. The van der Waals surface area contributed by atoms with E-state index in [2.05, 4.69) is 24.3 Å². The fraction of sp³-hybridized carbons (Fsp3) is 0.350. The number of rotatable bonds is 6. The van der Waals surface area contributed by atoms with Gasteiger partial charge in [-0.1, -0.05) is 86.3 Å². The third-order valence-corrected chi connectivity index (χ3v) is 10.9. The van der Waals surface area contributed by atoms with Crippen LogP contribution in [0.15, 0.2) is 84.9 Å². The molecule has 7 heteroatoms. The van der Waals surface area contributed by atoms with E-state index in [4.69, 9.17) is 9.47 Å². The van der Waals surface area contributed by atoms with Gasteiger partial charge in [0.15, 0.2) is 0 Å². The van der Waals surface area contributed by atoms with Crippen LogP contribution in [-0.2, 0) is 27.6 Å². The highest BCUT2D eigenvalue weighted by Crippen LogP contribution is 2.64. The predicted octanol–water partition coefficient (Wildman–Crippen LogP) is 9.28. The molecule has 4 aromatic carbocycles. The van der Waals surface area contributed by atoms with Crippen LogP contribution in [0.25, 0.3) is 0 Å². The molecule has 0 N–H and O–H groups in total. The smallest absolute Gasteiger partial charge is 0.416 e. The van der Waals surface area contributed by atoms with Gasteiger partial charge < -0.3 is 9.47 Å². The van der Waals surface area contributed by atoms with E-state index in [9.17, 15) is 22.8 Å². The van der Waals surface area contributed by atoms with Crippen molar-refractivity contribution in [1.82, 2.24) is 0 Å². The molecule has 47 heavy (non-hydrogen) atoms. The molecule has 0 heterocycles. The van der Waals surface area contributed by atoms with Gasteiger partial charge in [0.2, 0.25) is 0 Å². The summed E-state index contributed by atoms with van der Waals surface area (Å²) in [6.07, 6.45) is 2.96. The van der Waals surface area contributed by atoms with Gasteiger partial charge in [0, 0.05) is 17.0 Å². The molecule has 2 fully saturated rings. The number of carbonyl (C=O) groups excluding carboxylic acids is 2. The number of ether oxygens (including phenoxy) is 2. The van der Waals surface area contributed by atoms with Crippen LogP contribution in [0.4, 0.5) is 13.2 Å². The zero-order valence-electron chi connectivity index (χ0n) is 25.9. The van der Waals surface area contributed by atoms with Crippen LogP contribution in [0.1, 0.15) is 102 Å². The van der Waals surface area contributed by atoms with Gasteiger partial charge in [-0.05, 0) is 84.2 Å². The fourth-order valence-electron chi connectivity index (χ4n) is 8.75. The van der Waals surface area contributed by atoms with Gasteiger partial charge in [0.1, 0.15) is 11.5 Å². The molecule has 9 rings (SSSR count). The Balaban J connectivity index is 1.36. The minimum absolute atomic E-state index is 0.160. The van der Waals surface area contributed by atoms with Crippen molar-refractivity contribution < 1.29 is 32.2 Å². The summed E-state index contributed by atoms with van der Waals surface area (Å²) >= 11 is 0. The van der Waals surface area contributed by atoms with Crippen molar-refractivity contribution in [3.63, 3.8) is 0 Å². The van der Waals surface area contributed by atoms with Crippen molar-refractivity contribution in [2.45, 2.75) is 75.3 Å². The summed E-state index contributed by atoms with van der Waals surface area (Å²) < 4.78 is 53.4. The minimum Gasteiger partial charge on any atom is -0.426 e. The van der Waals surface area contributed by atoms with Crippen molar-refractivity contribution in [3.8, 4) is 11.5 Å². The number of carbonyl (C=O) groups is 2. The summed E-state index contributed by atoms with van der Waals surface area (Å²) in [6, 6.07) is 25.1. The van der Waals surface area contributed by atoms with E-state index in [0.717, 1.165) is 96.9 Å². The average molecular weight is 637 g/mol. The van der Waals surface area contributed by atoms with Gasteiger partial charge in [-0.25, -0.2) is 0 Å². The van der Waals surface area contributed by atoms with Gasteiger partial charge >= 0.3 is 18.1 Å². The third kappa shape index (κ3) is 4.88. The summed E-state index contributed by atoms with van der Waals surface area (Å²) in [5.41, 5.74) is 4.71. The molecule has 0 saturated heterocycles. The number of alkyl halides is 3. The van der Waals surface area contributed by atoms with E-state index >= 15 is 0 Å². The summed E-state index contributed by atoms with van der Waals surface area (Å²) in [6.45, 7) is 0. The second-order valence-corrected chi connectivity index (χ2v) is 13.5. The number of benzene rings is 4. The zero-order valence-corrected chi connectivity index (χ0v) is 25.9. The second-order valence-electron chi connectivity index (χ2n) is 13.5. The molecular formula is C40H35F3O4. The number of esters is 2. The molecule has 2 saturated carbocycles. The Kier molecular flexibility index (Phi) is 7.27. The van der Waals surface area contributed by atoms with E-state index in [1.807, 2.05) is 24.3 Å². The van der Waals surface area contributed by atoms with Gasteiger partial charge in [-0.3, -0.25) is 9.59 Å². The standard InChI is InChI=1S/C40H35F3O4/c41-40(42,43)27-19-17-24(18-20-27)23-39-30-15-7-5-13-28(30)34(29-14-6-8-16-31(29)39)35-32(46-37(44)25-9-1-2-10-25)21-22-33(36(35)39)47-38(45)26-11-3-4-12-26/h5-8,13-22,25-26,34H,1-4,9-12,23H2. The number of hydrogen-bond donors (Lipinski definition) is 0. The van der Waals surface area contributed by atoms with E-state index in [1.165, 1.54) is 12.1 Å². The van der Waals surface area contributed by atoms with Crippen molar-refractivity contribution in [2.24, 2.45) is 11.8 Å². The zero-order chi connectivity index (χ0) is 32.3. The largest absolute Gasteiger partial charge is 0.426 e. The molecule has 0 radical (unpaired) electrons. The molecular weight excluding hydrogens is 601 g/mol.